The van der Waals surface area contributed by atoms with Gasteiger partial charge in [0, 0.05) is 5.69 Å². The molecule has 0 saturated heterocycles. The van der Waals surface area contributed by atoms with Crippen LogP contribution in [0.5, 0.6) is 0 Å². The number of fused-ring (bicyclic) bond motifs is 1. The van der Waals surface area contributed by atoms with Gasteiger partial charge in [-0.25, -0.2) is 0 Å². The predicted molar refractivity (Wildman–Crippen MR) is 52.5 cm³/mol. The molecule has 1 aromatic rings. The molecule has 0 aromatic heterocycles. The van der Waals surface area contributed by atoms with Gasteiger partial charge in [-0.05, 0) is 25.0 Å². The summed E-state index contributed by atoms with van der Waals surface area (Å²) in [7, 11) is -1.28. The van der Waals surface area contributed by atoms with Crippen molar-refractivity contribution < 1.29 is 10.0 Å². The number of aryl methyl sites for hydroxylation is 1. The fourth-order valence-electron chi connectivity index (χ4n) is 1.70. The van der Waals surface area contributed by atoms with Crippen molar-refractivity contribution in [2.24, 2.45) is 0 Å². The Morgan fingerprint density at radius 1 is 1.46 bits per heavy atom. The van der Waals surface area contributed by atoms with Crippen molar-refractivity contribution in [1.82, 2.24) is 0 Å². The van der Waals surface area contributed by atoms with E-state index in [1.807, 2.05) is 19.1 Å². The second-order valence-electron chi connectivity index (χ2n) is 3.53. The van der Waals surface area contributed by atoms with E-state index in [1.54, 1.807) is 0 Å². The van der Waals surface area contributed by atoms with Gasteiger partial charge in [0.25, 0.3) is 0 Å². The summed E-state index contributed by atoms with van der Waals surface area (Å²) in [4.78, 5) is 0. The fourth-order valence-corrected chi connectivity index (χ4v) is 1.70. The Balaban J connectivity index is 2.25. The molecule has 3 N–H and O–H groups in total. The number of hydrogen-bond acceptors (Lipinski definition) is 3. The minimum absolute atomic E-state index is 0.253. The third-order valence-corrected chi connectivity index (χ3v) is 2.40. The lowest BCUT2D eigenvalue weighted by atomic mass is 9.78. The van der Waals surface area contributed by atoms with Crippen molar-refractivity contribution in [2.75, 3.05) is 5.32 Å². The van der Waals surface area contributed by atoms with E-state index in [4.69, 9.17) is 10.0 Å². The highest BCUT2D eigenvalue weighted by molar-refractivity contribution is 6.44. The SMILES string of the molecule is Cc1ccc2c(c1)CC(B(O)O)N2. The van der Waals surface area contributed by atoms with Gasteiger partial charge >= 0.3 is 7.12 Å². The van der Waals surface area contributed by atoms with Gasteiger partial charge in [0.1, 0.15) is 0 Å². The quantitative estimate of drug-likeness (QED) is 0.542. The molecule has 0 aliphatic carbocycles. The number of rotatable bonds is 1. The molecule has 1 aromatic carbocycles. The average Bonchev–Trinajstić information content (AvgIpc) is 2.46. The van der Waals surface area contributed by atoms with Gasteiger partial charge in [-0.1, -0.05) is 17.7 Å². The second-order valence-corrected chi connectivity index (χ2v) is 3.53. The average molecular weight is 177 g/mol. The normalized spacial score (nSPS) is 19.5. The third-order valence-electron chi connectivity index (χ3n) is 2.40. The number of benzene rings is 1. The predicted octanol–water partition coefficient (Wildman–Crippen LogP) is 0.344. The Morgan fingerprint density at radius 2 is 2.23 bits per heavy atom. The molecule has 1 aliphatic rings. The van der Waals surface area contributed by atoms with E-state index in [1.165, 1.54) is 5.56 Å². The Morgan fingerprint density at radius 3 is 2.92 bits per heavy atom. The summed E-state index contributed by atoms with van der Waals surface area (Å²) in [6, 6.07) is 6.07. The lowest BCUT2D eigenvalue weighted by Crippen LogP contribution is -2.35. The Hall–Kier alpha value is -0.995. The molecule has 0 saturated carbocycles. The van der Waals surface area contributed by atoms with Crippen molar-refractivity contribution in [2.45, 2.75) is 19.3 Å². The zero-order chi connectivity index (χ0) is 9.42. The smallest absolute Gasteiger partial charge is 0.426 e. The maximum atomic E-state index is 8.99. The molecule has 13 heavy (non-hydrogen) atoms. The minimum Gasteiger partial charge on any atom is -0.426 e. The van der Waals surface area contributed by atoms with E-state index in [0.717, 1.165) is 11.3 Å². The topological polar surface area (TPSA) is 52.5 Å². The molecule has 0 fully saturated rings. The standard InChI is InChI=1S/C9H12BNO2/c1-6-2-3-8-7(4-6)5-9(11-8)10(12)13/h2-4,9,11-13H,5H2,1H3. The summed E-state index contributed by atoms with van der Waals surface area (Å²) < 4.78 is 0. The summed E-state index contributed by atoms with van der Waals surface area (Å²) >= 11 is 0. The van der Waals surface area contributed by atoms with Crippen LogP contribution in [-0.2, 0) is 6.42 Å². The van der Waals surface area contributed by atoms with E-state index in [9.17, 15) is 0 Å². The van der Waals surface area contributed by atoms with Crippen molar-refractivity contribution in [1.29, 1.82) is 0 Å². The van der Waals surface area contributed by atoms with E-state index in [-0.39, 0.29) is 5.94 Å². The molecule has 0 amide bonds. The first-order valence-electron chi connectivity index (χ1n) is 4.39. The van der Waals surface area contributed by atoms with Crippen LogP contribution < -0.4 is 5.32 Å². The van der Waals surface area contributed by atoms with E-state index >= 15 is 0 Å². The van der Waals surface area contributed by atoms with Gasteiger partial charge in [-0.2, -0.15) is 0 Å². The van der Waals surface area contributed by atoms with Crippen LogP contribution in [0.3, 0.4) is 0 Å². The molecule has 1 unspecified atom stereocenters. The Kier molecular flexibility index (Phi) is 2.02. The highest BCUT2D eigenvalue weighted by Gasteiger charge is 2.29. The van der Waals surface area contributed by atoms with Gasteiger partial charge < -0.3 is 15.4 Å². The van der Waals surface area contributed by atoms with E-state index in [0.29, 0.717) is 6.42 Å². The van der Waals surface area contributed by atoms with Crippen LogP contribution in [0.2, 0.25) is 0 Å². The summed E-state index contributed by atoms with van der Waals surface area (Å²) in [6.45, 7) is 2.03. The molecule has 1 atom stereocenters. The van der Waals surface area contributed by atoms with Gasteiger partial charge in [0.2, 0.25) is 0 Å². The van der Waals surface area contributed by atoms with Gasteiger partial charge in [-0.3, -0.25) is 0 Å². The molecule has 0 radical (unpaired) electrons. The molecule has 1 aliphatic heterocycles. The molecular weight excluding hydrogens is 165 g/mol. The third kappa shape index (κ3) is 1.55. The monoisotopic (exact) mass is 177 g/mol. The van der Waals surface area contributed by atoms with Gasteiger partial charge in [0.05, 0.1) is 5.94 Å². The van der Waals surface area contributed by atoms with Crippen LogP contribution in [0.4, 0.5) is 5.69 Å². The van der Waals surface area contributed by atoms with Crippen LogP contribution in [0.15, 0.2) is 18.2 Å². The molecule has 4 heteroatoms. The fraction of sp³-hybridized carbons (Fsp3) is 0.333. The Bertz CT molecular complexity index is 327. The largest absolute Gasteiger partial charge is 0.475 e. The lowest BCUT2D eigenvalue weighted by Gasteiger charge is -2.07. The molecule has 1 heterocycles. The zero-order valence-electron chi connectivity index (χ0n) is 7.49. The van der Waals surface area contributed by atoms with Crippen molar-refractivity contribution >= 4 is 12.8 Å². The van der Waals surface area contributed by atoms with Crippen LogP contribution in [0, 0.1) is 6.92 Å². The first-order chi connectivity index (χ1) is 6.16. The van der Waals surface area contributed by atoms with Crippen LogP contribution in [0.1, 0.15) is 11.1 Å². The molecule has 0 bridgehead atoms. The van der Waals surface area contributed by atoms with Gasteiger partial charge in [0.15, 0.2) is 0 Å². The Labute approximate surface area is 77.6 Å². The summed E-state index contributed by atoms with van der Waals surface area (Å²) in [6.07, 6.45) is 0.689. The van der Waals surface area contributed by atoms with Gasteiger partial charge in [-0.15, -0.1) is 0 Å². The van der Waals surface area contributed by atoms with E-state index in [2.05, 4.69) is 11.4 Å². The number of nitrogens with one attached hydrogen (secondary N) is 1. The van der Waals surface area contributed by atoms with Crippen LogP contribution in [-0.4, -0.2) is 23.1 Å². The zero-order valence-corrected chi connectivity index (χ0v) is 7.49. The first-order valence-corrected chi connectivity index (χ1v) is 4.39. The molecular formula is C9H12BNO2. The lowest BCUT2D eigenvalue weighted by molar-refractivity contribution is 0.393. The summed E-state index contributed by atoms with van der Waals surface area (Å²) in [5, 5.41) is 21.0. The number of anilines is 1. The second kappa shape index (κ2) is 3.05. The van der Waals surface area contributed by atoms with Crippen molar-refractivity contribution in [3.8, 4) is 0 Å². The van der Waals surface area contributed by atoms with Crippen molar-refractivity contribution in [3.05, 3.63) is 29.3 Å². The minimum atomic E-state index is -1.28. The summed E-state index contributed by atoms with van der Waals surface area (Å²) in [5.74, 6) is -0.253. The highest BCUT2D eigenvalue weighted by atomic mass is 16.4. The number of hydrogen-bond donors (Lipinski definition) is 3. The molecule has 68 valence electrons. The van der Waals surface area contributed by atoms with Crippen LogP contribution >= 0.6 is 0 Å². The molecule has 2 rings (SSSR count). The highest BCUT2D eigenvalue weighted by Crippen LogP contribution is 2.26. The maximum Gasteiger partial charge on any atom is 0.475 e. The summed E-state index contributed by atoms with van der Waals surface area (Å²) in [5.41, 5.74) is 3.38. The van der Waals surface area contributed by atoms with Crippen LogP contribution in [0.25, 0.3) is 0 Å². The molecule has 0 spiro atoms. The maximum absolute atomic E-state index is 8.99. The van der Waals surface area contributed by atoms with Crippen molar-refractivity contribution in [3.63, 3.8) is 0 Å². The van der Waals surface area contributed by atoms with E-state index < -0.39 is 7.12 Å². The molecule has 3 nitrogen and oxygen atoms in total. The first kappa shape index (κ1) is 8.60.